The fourth-order valence-electron chi connectivity index (χ4n) is 1.93. The molecule has 0 fully saturated rings. The van der Waals surface area contributed by atoms with Gasteiger partial charge in [0.25, 0.3) is 0 Å². The summed E-state index contributed by atoms with van der Waals surface area (Å²) in [5.41, 5.74) is 1.28. The zero-order valence-corrected chi connectivity index (χ0v) is 11.6. The summed E-state index contributed by atoms with van der Waals surface area (Å²) < 4.78 is 0. The first-order valence-electron chi connectivity index (χ1n) is 7.30. The molecule has 1 rings (SSSR count). The second-order valence-corrected chi connectivity index (χ2v) is 4.72. The highest BCUT2D eigenvalue weighted by Crippen LogP contribution is 2.06. The normalized spacial score (nSPS) is 11.6. The molecule has 0 unspecified atom stereocenters. The Morgan fingerprint density at radius 1 is 0.833 bits per heavy atom. The number of unbranched alkanes of at least 4 members (excludes halogenated alkanes) is 5. The van der Waals surface area contributed by atoms with Gasteiger partial charge in [0.1, 0.15) is 0 Å². The molecule has 0 radical (unpaired) electrons. The molecule has 0 heterocycles. The fourth-order valence-corrected chi connectivity index (χ4v) is 1.93. The van der Waals surface area contributed by atoms with Crippen molar-refractivity contribution in [3.05, 3.63) is 54.1 Å². The van der Waals surface area contributed by atoms with Crippen LogP contribution in [0.5, 0.6) is 0 Å². The van der Waals surface area contributed by atoms with Crippen LogP contribution < -0.4 is 0 Å². The van der Waals surface area contributed by atoms with Gasteiger partial charge in [-0.05, 0) is 24.8 Å². The molecule has 0 saturated heterocycles. The van der Waals surface area contributed by atoms with Gasteiger partial charge >= 0.3 is 0 Å². The van der Waals surface area contributed by atoms with E-state index in [9.17, 15) is 0 Å². The lowest BCUT2D eigenvalue weighted by Gasteiger charge is -1.95. The molecular weight excluding hydrogens is 216 g/mol. The second-order valence-electron chi connectivity index (χ2n) is 4.72. The molecule has 0 heteroatoms. The van der Waals surface area contributed by atoms with Crippen LogP contribution >= 0.6 is 0 Å². The van der Waals surface area contributed by atoms with E-state index in [0.717, 1.165) is 6.42 Å². The van der Waals surface area contributed by atoms with Crippen LogP contribution in [0.4, 0.5) is 0 Å². The summed E-state index contributed by atoms with van der Waals surface area (Å²) >= 11 is 0. The minimum Gasteiger partial charge on any atom is -0.0882 e. The van der Waals surface area contributed by atoms with E-state index >= 15 is 0 Å². The van der Waals surface area contributed by atoms with E-state index in [4.69, 9.17) is 0 Å². The Morgan fingerprint density at radius 2 is 1.61 bits per heavy atom. The zero-order valence-electron chi connectivity index (χ0n) is 11.6. The van der Waals surface area contributed by atoms with Crippen molar-refractivity contribution in [1.29, 1.82) is 0 Å². The molecule has 0 nitrogen and oxygen atoms in total. The van der Waals surface area contributed by atoms with Crippen molar-refractivity contribution in [1.82, 2.24) is 0 Å². The SMILES string of the molecule is CCCCCCC/C=C/C/C=C/c1ccccc1. The molecule has 0 bridgehead atoms. The third-order valence-corrected chi connectivity index (χ3v) is 3.02. The van der Waals surface area contributed by atoms with E-state index in [-0.39, 0.29) is 0 Å². The lowest BCUT2D eigenvalue weighted by Crippen LogP contribution is -1.75. The maximum atomic E-state index is 2.32. The second kappa shape index (κ2) is 10.8. The van der Waals surface area contributed by atoms with E-state index < -0.39 is 0 Å². The highest BCUT2D eigenvalue weighted by Gasteiger charge is 1.86. The van der Waals surface area contributed by atoms with Crippen molar-refractivity contribution in [3.63, 3.8) is 0 Å². The third-order valence-electron chi connectivity index (χ3n) is 3.02. The predicted molar refractivity (Wildman–Crippen MR) is 82.6 cm³/mol. The highest BCUT2D eigenvalue weighted by molar-refractivity contribution is 5.48. The van der Waals surface area contributed by atoms with E-state index in [1.807, 2.05) is 0 Å². The van der Waals surface area contributed by atoms with Crippen LogP contribution in [0.3, 0.4) is 0 Å². The molecule has 0 aromatic heterocycles. The van der Waals surface area contributed by atoms with E-state index in [1.54, 1.807) is 0 Å². The van der Waals surface area contributed by atoms with Crippen molar-refractivity contribution >= 4 is 6.08 Å². The Labute approximate surface area is 112 Å². The third kappa shape index (κ3) is 7.89. The van der Waals surface area contributed by atoms with Crippen molar-refractivity contribution in [2.24, 2.45) is 0 Å². The molecule has 98 valence electrons. The predicted octanol–water partition coefficient (Wildman–Crippen LogP) is 6.01. The minimum absolute atomic E-state index is 1.05. The van der Waals surface area contributed by atoms with Crippen LogP contribution in [0.2, 0.25) is 0 Å². The van der Waals surface area contributed by atoms with Crippen LogP contribution in [-0.2, 0) is 0 Å². The van der Waals surface area contributed by atoms with Crippen molar-refractivity contribution in [2.75, 3.05) is 0 Å². The first kappa shape index (κ1) is 14.8. The lowest BCUT2D eigenvalue weighted by molar-refractivity contribution is 0.637. The highest BCUT2D eigenvalue weighted by atomic mass is 13.9. The minimum atomic E-state index is 1.05. The standard InChI is InChI=1S/C18H26/c1-2-3-4-5-6-7-8-9-10-12-15-18-16-13-11-14-17-18/h8-9,11-17H,2-7,10H2,1H3/b9-8+,15-12+. The summed E-state index contributed by atoms with van der Waals surface area (Å²) in [5.74, 6) is 0. The Bertz CT molecular complexity index is 332. The number of benzene rings is 1. The van der Waals surface area contributed by atoms with Crippen LogP contribution in [0.15, 0.2) is 48.6 Å². The number of hydrogen-bond donors (Lipinski definition) is 0. The van der Waals surface area contributed by atoms with Gasteiger partial charge in [-0.15, -0.1) is 0 Å². The molecule has 0 N–H and O–H groups in total. The van der Waals surface area contributed by atoms with Crippen LogP contribution in [0.25, 0.3) is 6.08 Å². The molecule has 0 spiro atoms. The first-order valence-corrected chi connectivity index (χ1v) is 7.30. The summed E-state index contributed by atoms with van der Waals surface area (Å²) in [5, 5.41) is 0. The molecule has 0 aliphatic rings. The zero-order chi connectivity index (χ0) is 12.9. The molecule has 0 amide bonds. The summed E-state index contributed by atoms with van der Waals surface area (Å²) in [6.45, 7) is 2.26. The van der Waals surface area contributed by atoms with E-state index in [1.165, 1.54) is 44.1 Å². The van der Waals surface area contributed by atoms with Gasteiger partial charge in [0.15, 0.2) is 0 Å². The number of hydrogen-bond acceptors (Lipinski definition) is 0. The number of allylic oxidation sites excluding steroid dienone is 3. The fraction of sp³-hybridized carbons (Fsp3) is 0.444. The van der Waals surface area contributed by atoms with Crippen LogP contribution in [-0.4, -0.2) is 0 Å². The van der Waals surface area contributed by atoms with Gasteiger partial charge in [0, 0.05) is 0 Å². The van der Waals surface area contributed by atoms with Crippen molar-refractivity contribution in [2.45, 2.75) is 51.9 Å². The van der Waals surface area contributed by atoms with Gasteiger partial charge in [0.2, 0.25) is 0 Å². The molecule has 0 saturated carbocycles. The molecule has 18 heavy (non-hydrogen) atoms. The quantitative estimate of drug-likeness (QED) is 0.367. The van der Waals surface area contributed by atoms with Gasteiger partial charge < -0.3 is 0 Å². The van der Waals surface area contributed by atoms with Crippen LogP contribution in [0.1, 0.15) is 57.4 Å². The van der Waals surface area contributed by atoms with Gasteiger partial charge in [-0.25, -0.2) is 0 Å². The molecule has 1 aromatic carbocycles. The van der Waals surface area contributed by atoms with Gasteiger partial charge in [0.05, 0.1) is 0 Å². The van der Waals surface area contributed by atoms with E-state index in [0.29, 0.717) is 0 Å². The van der Waals surface area contributed by atoms with Crippen LogP contribution in [0, 0.1) is 0 Å². The Kier molecular flexibility index (Phi) is 8.88. The summed E-state index contributed by atoms with van der Waals surface area (Å²) in [6, 6.07) is 10.5. The molecule has 1 aromatic rings. The molecule has 0 aliphatic carbocycles. The van der Waals surface area contributed by atoms with Gasteiger partial charge in [-0.3, -0.25) is 0 Å². The van der Waals surface area contributed by atoms with E-state index in [2.05, 4.69) is 61.6 Å². The lowest BCUT2D eigenvalue weighted by atomic mass is 10.1. The van der Waals surface area contributed by atoms with Gasteiger partial charge in [-0.1, -0.05) is 87.2 Å². The summed E-state index contributed by atoms with van der Waals surface area (Å²) in [6.07, 6.45) is 18.2. The largest absolute Gasteiger partial charge is 0.0882 e. The number of rotatable bonds is 9. The Balaban J connectivity index is 2.02. The molecule has 0 atom stereocenters. The molecule has 0 aliphatic heterocycles. The average molecular weight is 242 g/mol. The Hall–Kier alpha value is -1.30. The average Bonchev–Trinajstić information content (AvgIpc) is 2.42. The van der Waals surface area contributed by atoms with Gasteiger partial charge in [-0.2, -0.15) is 0 Å². The molecular formula is C18H26. The van der Waals surface area contributed by atoms with Crippen molar-refractivity contribution < 1.29 is 0 Å². The Morgan fingerprint density at radius 3 is 2.39 bits per heavy atom. The van der Waals surface area contributed by atoms with Crippen molar-refractivity contribution in [3.8, 4) is 0 Å². The maximum Gasteiger partial charge on any atom is -0.0166 e. The maximum absolute atomic E-state index is 2.32. The summed E-state index contributed by atoms with van der Waals surface area (Å²) in [4.78, 5) is 0. The monoisotopic (exact) mass is 242 g/mol. The smallest absolute Gasteiger partial charge is 0.0166 e. The topological polar surface area (TPSA) is 0 Å². The summed E-state index contributed by atoms with van der Waals surface area (Å²) in [7, 11) is 0. The first-order chi connectivity index (χ1) is 8.93.